The van der Waals surface area contributed by atoms with E-state index in [9.17, 15) is 0 Å². The van der Waals surface area contributed by atoms with Gasteiger partial charge in [-0.3, -0.25) is 0 Å². The molecule has 0 saturated carbocycles. The fourth-order valence-electron chi connectivity index (χ4n) is 1.85. The largest absolute Gasteiger partial charge is 0.326 e. The molecular formula is C14H12N2S. The second-order valence-corrected chi connectivity index (χ2v) is 4.79. The monoisotopic (exact) mass is 240 g/mol. The third-order valence-corrected chi connectivity index (χ3v) is 3.52. The van der Waals surface area contributed by atoms with Crippen molar-refractivity contribution in [3.8, 4) is 10.7 Å². The SMILES string of the molecule is c1ccc(Cn2ccnc2-c2cccs2)cc1. The lowest BCUT2D eigenvalue weighted by Gasteiger charge is -2.06. The minimum Gasteiger partial charge on any atom is -0.326 e. The zero-order valence-electron chi connectivity index (χ0n) is 9.28. The number of hydrogen-bond donors (Lipinski definition) is 0. The summed E-state index contributed by atoms with van der Waals surface area (Å²) in [5.41, 5.74) is 1.29. The Morgan fingerprint density at radius 1 is 1.06 bits per heavy atom. The lowest BCUT2D eigenvalue weighted by atomic mass is 10.2. The standard InChI is InChI=1S/C14H12N2S/c1-2-5-12(6-3-1)11-16-9-8-15-14(16)13-7-4-10-17-13/h1-10H,11H2. The number of imidazole rings is 1. The average molecular weight is 240 g/mol. The Hall–Kier alpha value is -1.87. The molecule has 0 amide bonds. The van der Waals surface area contributed by atoms with E-state index in [1.54, 1.807) is 11.3 Å². The van der Waals surface area contributed by atoms with Crippen LogP contribution in [0.5, 0.6) is 0 Å². The van der Waals surface area contributed by atoms with Crippen molar-refractivity contribution < 1.29 is 0 Å². The second-order valence-electron chi connectivity index (χ2n) is 3.84. The molecule has 0 aliphatic rings. The molecule has 0 fully saturated rings. The van der Waals surface area contributed by atoms with Gasteiger partial charge in [0, 0.05) is 18.9 Å². The van der Waals surface area contributed by atoms with Gasteiger partial charge in [-0.05, 0) is 17.0 Å². The van der Waals surface area contributed by atoms with Crippen LogP contribution in [0.25, 0.3) is 10.7 Å². The van der Waals surface area contributed by atoms with Crippen molar-refractivity contribution >= 4 is 11.3 Å². The van der Waals surface area contributed by atoms with E-state index in [0.29, 0.717) is 0 Å². The average Bonchev–Trinajstić information content (AvgIpc) is 3.00. The summed E-state index contributed by atoms with van der Waals surface area (Å²) in [5.74, 6) is 1.05. The van der Waals surface area contributed by atoms with Gasteiger partial charge in [-0.15, -0.1) is 11.3 Å². The van der Waals surface area contributed by atoms with Gasteiger partial charge in [0.25, 0.3) is 0 Å². The Morgan fingerprint density at radius 3 is 2.71 bits per heavy atom. The summed E-state index contributed by atoms with van der Waals surface area (Å²) in [7, 11) is 0. The molecule has 0 bridgehead atoms. The quantitative estimate of drug-likeness (QED) is 0.683. The van der Waals surface area contributed by atoms with Crippen LogP contribution in [-0.2, 0) is 6.54 Å². The molecule has 3 heteroatoms. The first-order valence-electron chi connectivity index (χ1n) is 5.52. The predicted molar refractivity (Wildman–Crippen MR) is 71.1 cm³/mol. The van der Waals surface area contributed by atoms with Crippen molar-refractivity contribution in [2.45, 2.75) is 6.54 Å². The van der Waals surface area contributed by atoms with Crippen LogP contribution < -0.4 is 0 Å². The predicted octanol–water partition coefficient (Wildman–Crippen LogP) is 3.66. The first-order chi connectivity index (χ1) is 8.43. The molecule has 17 heavy (non-hydrogen) atoms. The fourth-order valence-corrected chi connectivity index (χ4v) is 2.58. The molecule has 1 aromatic carbocycles. The third kappa shape index (κ3) is 2.15. The lowest BCUT2D eigenvalue weighted by Crippen LogP contribution is -1.99. The zero-order chi connectivity index (χ0) is 11.5. The molecule has 3 aromatic rings. The van der Waals surface area contributed by atoms with E-state index in [-0.39, 0.29) is 0 Å². The van der Waals surface area contributed by atoms with E-state index in [1.165, 1.54) is 10.4 Å². The van der Waals surface area contributed by atoms with Crippen LogP contribution in [0.1, 0.15) is 5.56 Å². The first-order valence-corrected chi connectivity index (χ1v) is 6.40. The van der Waals surface area contributed by atoms with E-state index in [0.717, 1.165) is 12.4 Å². The van der Waals surface area contributed by atoms with Gasteiger partial charge in [0.2, 0.25) is 0 Å². The van der Waals surface area contributed by atoms with E-state index in [4.69, 9.17) is 0 Å². The Bertz CT molecular complexity index is 582. The summed E-state index contributed by atoms with van der Waals surface area (Å²) in [5, 5.41) is 2.08. The maximum Gasteiger partial charge on any atom is 0.150 e. The normalized spacial score (nSPS) is 10.6. The van der Waals surface area contributed by atoms with E-state index in [2.05, 4.69) is 51.3 Å². The van der Waals surface area contributed by atoms with Crippen LogP contribution in [0.3, 0.4) is 0 Å². The maximum atomic E-state index is 4.43. The van der Waals surface area contributed by atoms with Crippen molar-refractivity contribution in [1.29, 1.82) is 0 Å². The van der Waals surface area contributed by atoms with Crippen molar-refractivity contribution in [1.82, 2.24) is 9.55 Å². The summed E-state index contributed by atoms with van der Waals surface area (Å²) in [4.78, 5) is 5.64. The van der Waals surface area contributed by atoms with Crippen molar-refractivity contribution in [2.24, 2.45) is 0 Å². The summed E-state index contributed by atoms with van der Waals surface area (Å²) >= 11 is 1.72. The van der Waals surface area contributed by atoms with Crippen molar-refractivity contribution in [3.63, 3.8) is 0 Å². The maximum absolute atomic E-state index is 4.43. The zero-order valence-corrected chi connectivity index (χ0v) is 10.1. The number of hydrogen-bond acceptors (Lipinski definition) is 2. The second kappa shape index (κ2) is 4.55. The van der Waals surface area contributed by atoms with Gasteiger partial charge in [-0.2, -0.15) is 0 Å². The number of thiophene rings is 1. The number of nitrogens with zero attached hydrogens (tertiary/aromatic N) is 2. The van der Waals surface area contributed by atoms with Gasteiger partial charge < -0.3 is 4.57 Å². The fraction of sp³-hybridized carbons (Fsp3) is 0.0714. The highest BCUT2D eigenvalue weighted by Crippen LogP contribution is 2.23. The molecular weight excluding hydrogens is 228 g/mol. The Morgan fingerprint density at radius 2 is 1.94 bits per heavy atom. The van der Waals surface area contributed by atoms with Gasteiger partial charge in [0.1, 0.15) is 5.82 Å². The molecule has 3 rings (SSSR count). The summed E-state index contributed by atoms with van der Waals surface area (Å²) in [6.45, 7) is 0.869. The third-order valence-electron chi connectivity index (χ3n) is 2.65. The molecule has 0 saturated heterocycles. The highest BCUT2D eigenvalue weighted by molar-refractivity contribution is 7.13. The molecule has 0 aliphatic carbocycles. The molecule has 0 aliphatic heterocycles. The summed E-state index contributed by atoms with van der Waals surface area (Å²) in [6.07, 6.45) is 3.89. The molecule has 84 valence electrons. The molecule has 0 unspecified atom stereocenters. The Balaban J connectivity index is 1.92. The highest BCUT2D eigenvalue weighted by atomic mass is 32.1. The minimum absolute atomic E-state index is 0.869. The molecule has 2 aromatic heterocycles. The number of aromatic nitrogens is 2. The lowest BCUT2D eigenvalue weighted by molar-refractivity contribution is 0.809. The van der Waals surface area contributed by atoms with Crippen molar-refractivity contribution in [3.05, 3.63) is 65.8 Å². The molecule has 0 radical (unpaired) electrons. The Kier molecular flexibility index (Phi) is 2.76. The van der Waals surface area contributed by atoms with Crippen LogP contribution >= 0.6 is 11.3 Å². The Labute approximate surface area is 104 Å². The van der Waals surface area contributed by atoms with Crippen LogP contribution in [0.15, 0.2) is 60.2 Å². The first kappa shape index (κ1) is 10.3. The van der Waals surface area contributed by atoms with Crippen LogP contribution in [0, 0.1) is 0 Å². The summed E-state index contributed by atoms with van der Waals surface area (Å²) in [6, 6.07) is 14.6. The topological polar surface area (TPSA) is 17.8 Å². The van der Waals surface area contributed by atoms with E-state index >= 15 is 0 Å². The van der Waals surface area contributed by atoms with Crippen LogP contribution in [-0.4, -0.2) is 9.55 Å². The molecule has 0 spiro atoms. The van der Waals surface area contributed by atoms with Gasteiger partial charge in [-0.25, -0.2) is 4.98 Å². The van der Waals surface area contributed by atoms with Crippen LogP contribution in [0.4, 0.5) is 0 Å². The summed E-state index contributed by atoms with van der Waals surface area (Å²) < 4.78 is 2.18. The van der Waals surface area contributed by atoms with Crippen LogP contribution in [0.2, 0.25) is 0 Å². The van der Waals surface area contributed by atoms with Gasteiger partial charge in [0.05, 0.1) is 4.88 Å². The number of rotatable bonds is 3. The smallest absolute Gasteiger partial charge is 0.150 e. The van der Waals surface area contributed by atoms with E-state index in [1.807, 2.05) is 18.5 Å². The molecule has 0 atom stereocenters. The van der Waals surface area contributed by atoms with E-state index < -0.39 is 0 Å². The molecule has 2 nitrogen and oxygen atoms in total. The highest BCUT2D eigenvalue weighted by Gasteiger charge is 2.06. The molecule has 0 N–H and O–H groups in total. The van der Waals surface area contributed by atoms with Gasteiger partial charge >= 0.3 is 0 Å². The minimum atomic E-state index is 0.869. The number of benzene rings is 1. The molecule has 2 heterocycles. The van der Waals surface area contributed by atoms with Gasteiger partial charge in [-0.1, -0.05) is 36.4 Å². The van der Waals surface area contributed by atoms with Crippen molar-refractivity contribution in [2.75, 3.05) is 0 Å². The van der Waals surface area contributed by atoms with Gasteiger partial charge in [0.15, 0.2) is 0 Å².